The Morgan fingerprint density at radius 2 is 1.92 bits per heavy atom. The van der Waals surface area contributed by atoms with Gasteiger partial charge in [-0.15, -0.1) is 0 Å². The number of nitrogens with one attached hydrogen (secondary N) is 3. The number of fused-ring (bicyclic) bond motifs is 1. The largest absolute Gasteiger partial charge is 0.368 e. The highest BCUT2D eigenvalue weighted by molar-refractivity contribution is 5.92. The lowest BCUT2D eigenvalue weighted by atomic mass is 10.2. The molecule has 136 valence electrons. The number of anilines is 1. The summed E-state index contributed by atoms with van der Waals surface area (Å²) in [5.74, 6) is 1.39. The van der Waals surface area contributed by atoms with Crippen LogP contribution in [-0.4, -0.2) is 40.5 Å². The van der Waals surface area contributed by atoms with Crippen LogP contribution in [0.1, 0.15) is 17.7 Å². The van der Waals surface area contributed by atoms with Crippen LogP contribution >= 0.6 is 0 Å². The smallest absolute Gasteiger partial charge is 0.221 e. The zero-order valence-corrected chi connectivity index (χ0v) is 15.1. The maximum absolute atomic E-state index is 11.5. The second kappa shape index (κ2) is 7.97. The molecule has 0 atom stereocenters. The van der Waals surface area contributed by atoms with Gasteiger partial charge in [-0.1, -0.05) is 30.3 Å². The van der Waals surface area contributed by atoms with Gasteiger partial charge in [0.25, 0.3) is 0 Å². The van der Waals surface area contributed by atoms with E-state index in [1.165, 1.54) is 0 Å². The lowest BCUT2D eigenvalue weighted by Crippen LogP contribution is -2.30. The number of carbonyl (C=O) groups excluding carboxylic acids is 1. The maximum atomic E-state index is 11.5. The zero-order valence-electron chi connectivity index (χ0n) is 15.1. The van der Waals surface area contributed by atoms with E-state index in [1.807, 2.05) is 44.2 Å². The zero-order chi connectivity index (χ0) is 18.5. The number of aromatic amines is 1. The summed E-state index contributed by atoms with van der Waals surface area (Å²) in [5, 5.41) is 7.15. The van der Waals surface area contributed by atoms with Crippen molar-refractivity contribution in [3.05, 3.63) is 41.6 Å². The predicted octanol–water partition coefficient (Wildman–Crippen LogP) is 2.12. The van der Waals surface area contributed by atoms with Crippen LogP contribution in [0.5, 0.6) is 0 Å². The van der Waals surface area contributed by atoms with Crippen LogP contribution in [0.4, 0.5) is 5.82 Å². The number of rotatable bonds is 7. The van der Waals surface area contributed by atoms with Crippen molar-refractivity contribution in [2.24, 2.45) is 5.73 Å². The van der Waals surface area contributed by atoms with Gasteiger partial charge >= 0.3 is 0 Å². The minimum atomic E-state index is -0.0409. The average Bonchev–Trinajstić information content (AvgIpc) is 2.94. The maximum Gasteiger partial charge on any atom is 0.221 e. The van der Waals surface area contributed by atoms with Gasteiger partial charge in [-0.05, 0) is 19.4 Å². The summed E-state index contributed by atoms with van der Waals surface area (Å²) in [4.78, 5) is 24.2. The summed E-state index contributed by atoms with van der Waals surface area (Å²) in [6, 6.07) is 9.87. The number of hydrogen-bond acceptors (Lipinski definition) is 5. The van der Waals surface area contributed by atoms with Gasteiger partial charge in [-0.3, -0.25) is 4.79 Å². The summed E-state index contributed by atoms with van der Waals surface area (Å²) in [6.45, 7) is 5.51. The highest BCUT2D eigenvalue weighted by Gasteiger charge is 2.14. The third kappa shape index (κ3) is 3.83. The first-order chi connectivity index (χ1) is 12.6. The van der Waals surface area contributed by atoms with Crippen LogP contribution in [0.15, 0.2) is 30.3 Å². The standard InChI is InChI=1S/C19H24N6O/c1-12-13(2)23-19-16(12)18(22-11-10-21-15(26)8-9-20)24-17(25-19)14-6-4-3-5-7-14/h3-7H,8-11,20H2,1-2H3,(H,21,26)(H2,22,23,24,25). The Kier molecular flexibility index (Phi) is 5.48. The van der Waals surface area contributed by atoms with Crippen molar-refractivity contribution in [3.63, 3.8) is 0 Å². The molecule has 0 aliphatic carbocycles. The number of amides is 1. The van der Waals surface area contributed by atoms with Crippen LogP contribution in [0, 0.1) is 13.8 Å². The van der Waals surface area contributed by atoms with E-state index in [2.05, 4.69) is 20.6 Å². The third-order valence-electron chi connectivity index (χ3n) is 4.30. The molecule has 0 saturated carbocycles. The molecule has 0 saturated heterocycles. The summed E-state index contributed by atoms with van der Waals surface area (Å²) in [5.41, 5.74) is 9.33. The van der Waals surface area contributed by atoms with Gasteiger partial charge in [0.1, 0.15) is 11.5 Å². The number of nitrogens with zero attached hydrogens (tertiary/aromatic N) is 2. The number of benzene rings is 1. The number of hydrogen-bond donors (Lipinski definition) is 4. The van der Waals surface area contributed by atoms with Crippen molar-refractivity contribution in [3.8, 4) is 11.4 Å². The monoisotopic (exact) mass is 352 g/mol. The van der Waals surface area contributed by atoms with Gasteiger partial charge in [-0.2, -0.15) is 0 Å². The van der Waals surface area contributed by atoms with Crippen LogP contribution in [-0.2, 0) is 4.79 Å². The highest BCUT2D eigenvalue weighted by Crippen LogP contribution is 2.28. The second-order valence-corrected chi connectivity index (χ2v) is 6.18. The van der Waals surface area contributed by atoms with Gasteiger partial charge in [0.05, 0.1) is 5.39 Å². The van der Waals surface area contributed by atoms with Gasteiger partial charge < -0.3 is 21.4 Å². The molecule has 0 aliphatic rings. The molecular weight excluding hydrogens is 328 g/mol. The van der Waals surface area contributed by atoms with Crippen LogP contribution in [0.2, 0.25) is 0 Å². The van der Waals surface area contributed by atoms with Crippen molar-refractivity contribution in [2.45, 2.75) is 20.3 Å². The Balaban J connectivity index is 1.86. The van der Waals surface area contributed by atoms with Gasteiger partial charge in [0, 0.05) is 37.3 Å². The van der Waals surface area contributed by atoms with Gasteiger partial charge in [0.2, 0.25) is 5.91 Å². The predicted molar refractivity (Wildman–Crippen MR) is 104 cm³/mol. The second-order valence-electron chi connectivity index (χ2n) is 6.18. The summed E-state index contributed by atoms with van der Waals surface area (Å²) >= 11 is 0. The third-order valence-corrected chi connectivity index (χ3v) is 4.30. The Morgan fingerprint density at radius 3 is 2.65 bits per heavy atom. The SMILES string of the molecule is Cc1[nH]c2nc(-c3ccccc3)nc(NCCNC(=O)CCN)c2c1C. The van der Waals surface area contributed by atoms with E-state index in [9.17, 15) is 4.79 Å². The van der Waals surface area contributed by atoms with E-state index in [0.29, 0.717) is 31.9 Å². The number of aromatic nitrogens is 3. The van der Waals surface area contributed by atoms with Gasteiger partial charge in [-0.25, -0.2) is 9.97 Å². The molecule has 0 aliphatic heterocycles. The van der Waals surface area contributed by atoms with Crippen LogP contribution in [0.25, 0.3) is 22.4 Å². The number of aryl methyl sites for hydroxylation is 2. The highest BCUT2D eigenvalue weighted by atomic mass is 16.1. The summed E-state index contributed by atoms with van der Waals surface area (Å²) < 4.78 is 0. The minimum absolute atomic E-state index is 0.0409. The molecule has 0 radical (unpaired) electrons. The first-order valence-electron chi connectivity index (χ1n) is 8.73. The van der Waals surface area contributed by atoms with Crippen molar-refractivity contribution in [2.75, 3.05) is 25.0 Å². The fourth-order valence-electron chi connectivity index (χ4n) is 2.81. The molecule has 1 aromatic carbocycles. The summed E-state index contributed by atoms with van der Waals surface area (Å²) in [7, 11) is 0. The molecule has 2 aromatic heterocycles. The molecule has 7 nitrogen and oxygen atoms in total. The average molecular weight is 352 g/mol. The first-order valence-corrected chi connectivity index (χ1v) is 8.73. The van der Waals surface area contributed by atoms with E-state index < -0.39 is 0 Å². The molecule has 5 N–H and O–H groups in total. The first kappa shape index (κ1) is 17.9. The molecule has 3 rings (SSSR count). The quantitative estimate of drug-likeness (QED) is 0.487. The molecule has 0 bridgehead atoms. The van der Waals surface area contributed by atoms with Crippen molar-refractivity contribution in [1.29, 1.82) is 0 Å². The van der Waals surface area contributed by atoms with Crippen molar-refractivity contribution >= 4 is 22.8 Å². The number of nitrogens with two attached hydrogens (primary N) is 1. The molecule has 26 heavy (non-hydrogen) atoms. The molecule has 2 heterocycles. The molecule has 0 fully saturated rings. The van der Waals surface area contributed by atoms with Crippen molar-refractivity contribution < 1.29 is 4.79 Å². The number of H-pyrrole nitrogens is 1. The van der Waals surface area contributed by atoms with Gasteiger partial charge in [0.15, 0.2) is 5.82 Å². The molecule has 3 aromatic rings. The molecular formula is C19H24N6O. The normalized spacial score (nSPS) is 10.9. The number of carbonyl (C=O) groups is 1. The van der Waals surface area contributed by atoms with E-state index in [1.54, 1.807) is 0 Å². The van der Waals surface area contributed by atoms with Crippen LogP contribution < -0.4 is 16.4 Å². The minimum Gasteiger partial charge on any atom is -0.368 e. The van der Waals surface area contributed by atoms with E-state index >= 15 is 0 Å². The molecule has 7 heteroatoms. The van der Waals surface area contributed by atoms with E-state index in [-0.39, 0.29) is 5.91 Å². The topological polar surface area (TPSA) is 109 Å². The molecule has 0 unspecified atom stereocenters. The Hall–Kier alpha value is -2.93. The van der Waals surface area contributed by atoms with Crippen molar-refractivity contribution in [1.82, 2.24) is 20.3 Å². The fourth-order valence-corrected chi connectivity index (χ4v) is 2.81. The fraction of sp³-hybridized carbons (Fsp3) is 0.316. The van der Waals surface area contributed by atoms with E-state index in [0.717, 1.165) is 33.7 Å². The Morgan fingerprint density at radius 1 is 1.15 bits per heavy atom. The summed E-state index contributed by atoms with van der Waals surface area (Å²) in [6.07, 6.45) is 0.339. The molecule has 0 spiro atoms. The Bertz CT molecular complexity index is 903. The Labute approximate surface area is 152 Å². The van der Waals surface area contributed by atoms with Crippen LogP contribution in [0.3, 0.4) is 0 Å². The molecule has 1 amide bonds. The van der Waals surface area contributed by atoms with E-state index in [4.69, 9.17) is 10.7 Å². The lowest BCUT2D eigenvalue weighted by Gasteiger charge is -2.10. The lowest BCUT2D eigenvalue weighted by molar-refractivity contribution is -0.120.